The van der Waals surface area contributed by atoms with Crippen LogP contribution in [0.25, 0.3) is 0 Å². The van der Waals surface area contributed by atoms with E-state index in [0.29, 0.717) is 12.0 Å². The highest BCUT2D eigenvalue weighted by molar-refractivity contribution is 6.30. The van der Waals surface area contributed by atoms with E-state index in [1.54, 1.807) is 0 Å². The molecule has 2 heteroatoms. The van der Waals surface area contributed by atoms with Gasteiger partial charge in [-0.2, -0.15) is 0 Å². The van der Waals surface area contributed by atoms with E-state index >= 15 is 0 Å². The van der Waals surface area contributed by atoms with Crippen LogP contribution in [0.1, 0.15) is 39.2 Å². The maximum atomic E-state index is 5.97. The fraction of sp³-hybridized carbons (Fsp3) is 0.500. The molecule has 0 aromatic heterocycles. The number of halogens is 1. The fourth-order valence-electron chi connectivity index (χ4n) is 1.45. The molecule has 1 aromatic carbocycles. The quantitative estimate of drug-likeness (QED) is 0.787. The molecule has 0 saturated heterocycles. The lowest BCUT2D eigenvalue weighted by atomic mass is 10.0. The Hall–Kier alpha value is -0.690. The van der Waals surface area contributed by atoms with Crippen molar-refractivity contribution in [2.75, 3.05) is 5.32 Å². The van der Waals surface area contributed by atoms with E-state index in [4.69, 9.17) is 11.6 Å². The van der Waals surface area contributed by atoms with Gasteiger partial charge in [-0.3, -0.25) is 0 Å². The van der Waals surface area contributed by atoms with E-state index in [9.17, 15) is 0 Å². The molecule has 0 amide bonds. The summed E-state index contributed by atoms with van der Waals surface area (Å²) >= 11 is 5.97. The molecule has 0 bridgehead atoms. The minimum Gasteiger partial charge on any atom is -0.383 e. The van der Waals surface area contributed by atoms with Crippen molar-refractivity contribution in [2.24, 2.45) is 0 Å². The zero-order chi connectivity index (χ0) is 10.7. The standard InChI is InChI=1S/C12H18ClN/c1-8(2)11-7-10(13)5-6-12(11)14-9(3)4/h5-9,14H,1-4H3. The van der Waals surface area contributed by atoms with E-state index in [2.05, 4.69) is 39.1 Å². The lowest BCUT2D eigenvalue weighted by Crippen LogP contribution is -2.11. The summed E-state index contributed by atoms with van der Waals surface area (Å²) in [5, 5.41) is 4.23. The molecule has 0 unspecified atom stereocenters. The van der Waals surface area contributed by atoms with Crippen molar-refractivity contribution in [3.63, 3.8) is 0 Å². The fourth-order valence-corrected chi connectivity index (χ4v) is 1.63. The molecular weight excluding hydrogens is 194 g/mol. The lowest BCUT2D eigenvalue weighted by molar-refractivity contribution is 0.847. The van der Waals surface area contributed by atoms with E-state index < -0.39 is 0 Å². The average Bonchev–Trinajstić information content (AvgIpc) is 2.07. The molecule has 0 atom stereocenters. The van der Waals surface area contributed by atoms with Crippen molar-refractivity contribution >= 4 is 17.3 Å². The van der Waals surface area contributed by atoms with Crippen molar-refractivity contribution < 1.29 is 0 Å². The van der Waals surface area contributed by atoms with E-state index in [0.717, 1.165) is 5.02 Å². The van der Waals surface area contributed by atoms with Gasteiger partial charge < -0.3 is 5.32 Å². The average molecular weight is 212 g/mol. The molecular formula is C12H18ClN. The Kier molecular flexibility index (Phi) is 3.82. The van der Waals surface area contributed by atoms with Crippen LogP contribution in [-0.2, 0) is 0 Å². The van der Waals surface area contributed by atoms with Gasteiger partial charge in [0, 0.05) is 16.8 Å². The molecule has 1 N–H and O–H groups in total. The Labute approximate surface area is 91.5 Å². The van der Waals surface area contributed by atoms with Gasteiger partial charge in [0.25, 0.3) is 0 Å². The molecule has 0 aliphatic carbocycles. The molecule has 78 valence electrons. The van der Waals surface area contributed by atoms with Crippen LogP contribution in [0.3, 0.4) is 0 Å². The summed E-state index contributed by atoms with van der Waals surface area (Å²) in [6, 6.07) is 6.47. The molecule has 0 fully saturated rings. The largest absolute Gasteiger partial charge is 0.383 e. The van der Waals surface area contributed by atoms with Crippen LogP contribution in [0.5, 0.6) is 0 Å². The van der Waals surface area contributed by atoms with E-state index in [1.807, 2.05) is 12.1 Å². The Morgan fingerprint density at radius 2 is 1.79 bits per heavy atom. The van der Waals surface area contributed by atoms with Crippen LogP contribution in [-0.4, -0.2) is 6.04 Å². The normalized spacial score (nSPS) is 11.1. The van der Waals surface area contributed by atoms with E-state index in [1.165, 1.54) is 11.3 Å². The second-order valence-electron chi connectivity index (χ2n) is 4.19. The number of hydrogen-bond acceptors (Lipinski definition) is 1. The third-order valence-corrected chi connectivity index (χ3v) is 2.31. The predicted octanol–water partition coefficient (Wildman–Crippen LogP) is 4.28. The zero-order valence-corrected chi connectivity index (χ0v) is 10.0. The van der Waals surface area contributed by atoms with Gasteiger partial charge in [-0.15, -0.1) is 0 Å². The summed E-state index contributed by atoms with van der Waals surface area (Å²) < 4.78 is 0. The summed E-state index contributed by atoms with van der Waals surface area (Å²) in [6.45, 7) is 8.63. The third kappa shape index (κ3) is 2.91. The molecule has 0 aliphatic heterocycles. The maximum Gasteiger partial charge on any atom is 0.0410 e. The molecule has 1 nitrogen and oxygen atoms in total. The van der Waals surface area contributed by atoms with Gasteiger partial charge in [-0.05, 0) is 43.5 Å². The third-order valence-electron chi connectivity index (χ3n) is 2.08. The van der Waals surface area contributed by atoms with Gasteiger partial charge in [0.15, 0.2) is 0 Å². The predicted molar refractivity (Wildman–Crippen MR) is 64.3 cm³/mol. The lowest BCUT2D eigenvalue weighted by Gasteiger charge is -2.17. The number of nitrogens with one attached hydrogen (secondary N) is 1. The summed E-state index contributed by atoms with van der Waals surface area (Å²) in [5.74, 6) is 0.495. The SMILES string of the molecule is CC(C)Nc1ccc(Cl)cc1C(C)C. The van der Waals surface area contributed by atoms with E-state index in [-0.39, 0.29) is 0 Å². The van der Waals surface area contributed by atoms with Crippen LogP contribution in [0.15, 0.2) is 18.2 Å². The highest BCUT2D eigenvalue weighted by Crippen LogP contribution is 2.27. The smallest absolute Gasteiger partial charge is 0.0410 e. The van der Waals surface area contributed by atoms with Gasteiger partial charge in [0.1, 0.15) is 0 Å². The Morgan fingerprint density at radius 1 is 1.14 bits per heavy atom. The number of rotatable bonds is 3. The molecule has 0 radical (unpaired) electrons. The summed E-state index contributed by atoms with van der Waals surface area (Å²) in [6.07, 6.45) is 0. The van der Waals surface area contributed by atoms with Gasteiger partial charge in [0.05, 0.1) is 0 Å². The highest BCUT2D eigenvalue weighted by atomic mass is 35.5. The highest BCUT2D eigenvalue weighted by Gasteiger charge is 2.07. The van der Waals surface area contributed by atoms with Crippen molar-refractivity contribution in [2.45, 2.75) is 39.7 Å². The van der Waals surface area contributed by atoms with Gasteiger partial charge >= 0.3 is 0 Å². The van der Waals surface area contributed by atoms with Crippen molar-refractivity contribution in [1.82, 2.24) is 0 Å². The van der Waals surface area contributed by atoms with Gasteiger partial charge in [-0.25, -0.2) is 0 Å². The second kappa shape index (κ2) is 4.70. The Bertz CT molecular complexity index is 305. The molecule has 0 spiro atoms. The van der Waals surface area contributed by atoms with Crippen LogP contribution in [0, 0.1) is 0 Å². The van der Waals surface area contributed by atoms with Crippen LogP contribution in [0.2, 0.25) is 5.02 Å². The Balaban J connectivity index is 3.02. The molecule has 0 aliphatic rings. The van der Waals surface area contributed by atoms with Crippen LogP contribution in [0.4, 0.5) is 5.69 Å². The van der Waals surface area contributed by atoms with Gasteiger partial charge in [-0.1, -0.05) is 25.4 Å². The van der Waals surface area contributed by atoms with Crippen molar-refractivity contribution in [3.8, 4) is 0 Å². The van der Waals surface area contributed by atoms with Crippen molar-refractivity contribution in [3.05, 3.63) is 28.8 Å². The first-order chi connectivity index (χ1) is 6.50. The molecule has 0 heterocycles. The van der Waals surface area contributed by atoms with Crippen LogP contribution >= 0.6 is 11.6 Å². The minimum atomic E-state index is 0.452. The number of benzene rings is 1. The second-order valence-corrected chi connectivity index (χ2v) is 4.62. The van der Waals surface area contributed by atoms with Gasteiger partial charge in [0.2, 0.25) is 0 Å². The first-order valence-corrected chi connectivity index (χ1v) is 5.44. The van der Waals surface area contributed by atoms with Crippen molar-refractivity contribution in [1.29, 1.82) is 0 Å². The minimum absolute atomic E-state index is 0.452. The molecule has 14 heavy (non-hydrogen) atoms. The molecule has 1 aromatic rings. The maximum absolute atomic E-state index is 5.97. The summed E-state index contributed by atoms with van der Waals surface area (Å²) in [5.41, 5.74) is 2.48. The number of hydrogen-bond donors (Lipinski definition) is 1. The van der Waals surface area contributed by atoms with Crippen LogP contribution < -0.4 is 5.32 Å². The summed E-state index contributed by atoms with van der Waals surface area (Å²) in [4.78, 5) is 0. The summed E-state index contributed by atoms with van der Waals surface area (Å²) in [7, 11) is 0. The first-order valence-electron chi connectivity index (χ1n) is 5.06. The topological polar surface area (TPSA) is 12.0 Å². The zero-order valence-electron chi connectivity index (χ0n) is 9.26. The molecule has 0 saturated carbocycles. The monoisotopic (exact) mass is 211 g/mol. The molecule has 1 rings (SSSR count). The first kappa shape index (κ1) is 11.4. The Morgan fingerprint density at radius 3 is 2.29 bits per heavy atom. The number of anilines is 1.